The number of fused-ring (bicyclic) bond motifs is 1. The molecule has 3 aromatic rings. The molecule has 0 N–H and O–H groups in total. The molecular weight excluding hydrogens is 330 g/mol. The van der Waals surface area contributed by atoms with Crippen LogP contribution in [0.1, 0.15) is 11.5 Å². The van der Waals surface area contributed by atoms with E-state index < -0.39 is 15.5 Å². The molecule has 9 heteroatoms. The van der Waals surface area contributed by atoms with Crippen molar-refractivity contribution in [3.8, 4) is 0 Å². The number of nitrogens with zero attached hydrogens (tertiary/aromatic N) is 3. The Bertz CT molecular complexity index is 1070. The molecule has 0 bridgehead atoms. The van der Waals surface area contributed by atoms with Crippen LogP contribution in [0.25, 0.3) is 23.1 Å². The molecule has 1 heterocycles. The van der Waals surface area contributed by atoms with Crippen LogP contribution in [0.15, 0.2) is 51.7 Å². The number of aromatic nitrogens is 1. The average molecular weight is 339 g/mol. The van der Waals surface area contributed by atoms with Gasteiger partial charge in [0.2, 0.25) is 5.89 Å². The molecule has 25 heavy (non-hydrogen) atoms. The summed E-state index contributed by atoms with van der Waals surface area (Å²) in [7, 11) is 0. The summed E-state index contributed by atoms with van der Waals surface area (Å²) in [4.78, 5) is 36.3. The topological polar surface area (TPSA) is 129 Å². The highest BCUT2D eigenvalue weighted by Crippen LogP contribution is 2.18. The molecular formula is C16H9N3O6. The molecule has 0 aliphatic carbocycles. The zero-order valence-electron chi connectivity index (χ0n) is 12.5. The standard InChI is InChI=1S/C16H9N3O6/c20-16-13-7-6-12(19(23)24)9-14(13)17-15(25-16)8-3-10-1-4-11(5-2-10)18(21)22/h1-9H. The van der Waals surface area contributed by atoms with Gasteiger partial charge in [-0.2, -0.15) is 0 Å². The Balaban J connectivity index is 1.96. The van der Waals surface area contributed by atoms with Gasteiger partial charge in [-0.05, 0) is 29.8 Å². The Hall–Kier alpha value is -3.88. The van der Waals surface area contributed by atoms with Crippen molar-refractivity contribution in [3.05, 3.63) is 84.6 Å². The van der Waals surface area contributed by atoms with Crippen LogP contribution in [-0.4, -0.2) is 14.8 Å². The number of hydrogen-bond acceptors (Lipinski definition) is 7. The van der Waals surface area contributed by atoms with Gasteiger partial charge in [0, 0.05) is 30.3 Å². The van der Waals surface area contributed by atoms with Crippen LogP contribution in [0.3, 0.4) is 0 Å². The predicted molar refractivity (Wildman–Crippen MR) is 89.0 cm³/mol. The van der Waals surface area contributed by atoms with Crippen LogP contribution in [0, 0.1) is 20.2 Å². The first-order valence-corrected chi connectivity index (χ1v) is 6.96. The third-order valence-corrected chi connectivity index (χ3v) is 3.36. The predicted octanol–water partition coefficient (Wildman–Crippen LogP) is 3.17. The van der Waals surface area contributed by atoms with E-state index in [1.807, 2.05) is 0 Å². The molecule has 0 saturated heterocycles. The van der Waals surface area contributed by atoms with Crippen LogP contribution >= 0.6 is 0 Å². The number of non-ortho nitro benzene ring substituents is 2. The number of hydrogen-bond donors (Lipinski definition) is 0. The minimum absolute atomic E-state index is 0.0312. The smallest absolute Gasteiger partial charge is 0.347 e. The van der Waals surface area contributed by atoms with Gasteiger partial charge in [0.05, 0.1) is 20.7 Å². The van der Waals surface area contributed by atoms with E-state index >= 15 is 0 Å². The average Bonchev–Trinajstić information content (AvgIpc) is 2.59. The van der Waals surface area contributed by atoms with E-state index in [1.165, 1.54) is 48.5 Å². The SMILES string of the molecule is O=c1oc(C=Cc2ccc([N+](=O)[O-])cc2)nc2cc([N+](=O)[O-])ccc12. The van der Waals surface area contributed by atoms with Gasteiger partial charge in [-0.3, -0.25) is 20.2 Å². The molecule has 0 amide bonds. The van der Waals surface area contributed by atoms with Crippen molar-refractivity contribution in [2.45, 2.75) is 0 Å². The van der Waals surface area contributed by atoms with E-state index in [9.17, 15) is 25.0 Å². The fraction of sp³-hybridized carbons (Fsp3) is 0. The van der Waals surface area contributed by atoms with E-state index in [-0.39, 0.29) is 28.2 Å². The van der Waals surface area contributed by atoms with Gasteiger partial charge in [-0.25, -0.2) is 9.78 Å². The summed E-state index contributed by atoms with van der Waals surface area (Å²) in [6, 6.07) is 9.41. The van der Waals surface area contributed by atoms with Crippen LogP contribution in [-0.2, 0) is 0 Å². The maximum atomic E-state index is 11.9. The number of nitro benzene ring substituents is 2. The lowest BCUT2D eigenvalue weighted by atomic mass is 10.2. The molecule has 0 spiro atoms. The fourth-order valence-corrected chi connectivity index (χ4v) is 2.14. The lowest BCUT2D eigenvalue weighted by Gasteiger charge is -1.98. The summed E-state index contributed by atoms with van der Waals surface area (Å²) in [6.45, 7) is 0. The number of rotatable bonds is 4. The zero-order chi connectivity index (χ0) is 18.0. The first kappa shape index (κ1) is 16.0. The number of nitro groups is 2. The van der Waals surface area contributed by atoms with Crippen molar-refractivity contribution in [3.63, 3.8) is 0 Å². The molecule has 0 aliphatic heterocycles. The maximum Gasteiger partial charge on any atom is 0.347 e. The number of benzene rings is 2. The van der Waals surface area contributed by atoms with E-state index in [4.69, 9.17) is 4.42 Å². The lowest BCUT2D eigenvalue weighted by molar-refractivity contribution is -0.385. The highest BCUT2D eigenvalue weighted by Gasteiger charge is 2.11. The largest absolute Gasteiger partial charge is 0.404 e. The van der Waals surface area contributed by atoms with Crippen molar-refractivity contribution in [1.29, 1.82) is 0 Å². The Morgan fingerprint density at radius 1 is 0.920 bits per heavy atom. The second-order valence-electron chi connectivity index (χ2n) is 4.98. The van der Waals surface area contributed by atoms with E-state index in [2.05, 4.69) is 4.98 Å². The van der Waals surface area contributed by atoms with Crippen molar-refractivity contribution >= 4 is 34.4 Å². The second-order valence-corrected chi connectivity index (χ2v) is 4.98. The molecule has 2 aromatic carbocycles. The van der Waals surface area contributed by atoms with Gasteiger partial charge in [0.15, 0.2) is 0 Å². The molecule has 9 nitrogen and oxygen atoms in total. The van der Waals surface area contributed by atoms with Crippen molar-refractivity contribution in [2.24, 2.45) is 0 Å². The highest BCUT2D eigenvalue weighted by molar-refractivity contribution is 5.80. The normalized spacial score (nSPS) is 11.0. The van der Waals surface area contributed by atoms with Crippen LogP contribution in [0.2, 0.25) is 0 Å². The molecule has 0 atom stereocenters. The molecule has 124 valence electrons. The lowest BCUT2D eigenvalue weighted by Crippen LogP contribution is -2.03. The maximum absolute atomic E-state index is 11.9. The van der Waals surface area contributed by atoms with Gasteiger partial charge in [0.25, 0.3) is 11.4 Å². The van der Waals surface area contributed by atoms with Gasteiger partial charge in [-0.1, -0.05) is 0 Å². The fourth-order valence-electron chi connectivity index (χ4n) is 2.14. The Morgan fingerprint density at radius 2 is 1.56 bits per heavy atom. The summed E-state index contributed by atoms with van der Waals surface area (Å²) in [5.41, 5.74) is -0.109. The van der Waals surface area contributed by atoms with Crippen molar-refractivity contribution in [1.82, 2.24) is 4.98 Å². The zero-order valence-corrected chi connectivity index (χ0v) is 12.5. The second kappa shape index (κ2) is 6.32. The first-order chi connectivity index (χ1) is 11.9. The molecule has 0 saturated carbocycles. The highest BCUT2D eigenvalue weighted by atomic mass is 16.6. The summed E-state index contributed by atoms with van der Waals surface area (Å²) in [5.74, 6) is -0.0312. The van der Waals surface area contributed by atoms with Crippen molar-refractivity contribution in [2.75, 3.05) is 0 Å². The summed E-state index contributed by atoms with van der Waals surface area (Å²) in [6.07, 6.45) is 2.96. The molecule has 0 fully saturated rings. The third kappa shape index (κ3) is 3.39. The van der Waals surface area contributed by atoms with Crippen molar-refractivity contribution < 1.29 is 14.3 Å². The van der Waals surface area contributed by atoms with E-state index in [1.54, 1.807) is 6.08 Å². The van der Waals surface area contributed by atoms with Gasteiger partial charge >= 0.3 is 5.63 Å². The molecule has 0 unspecified atom stereocenters. The Kier molecular flexibility index (Phi) is 4.04. The van der Waals surface area contributed by atoms with E-state index in [0.717, 1.165) is 0 Å². The monoisotopic (exact) mass is 339 g/mol. The molecule has 0 aliphatic rings. The molecule has 0 radical (unpaired) electrons. The van der Waals surface area contributed by atoms with Gasteiger partial charge < -0.3 is 4.42 Å². The summed E-state index contributed by atoms with van der Waals surface area (Å²) in [5, 5.41) is 21.6. The van der Waals surface area contributed by atoms with Gasteiger partial charge in [-0.15, -0.1) is 0 Å². The minimum Gasteiger partial charge on any atom is -0.404 e. The minimum atomic E-state index is -0.664. The first-order valence-electron chi connectivity index (χ1n) is 6.96. The summed E-state index contributed by atoms with van der Waals surface area (Å²) >= 11 is 0. The van der Waals surface area contributed by atoms with E-state index in [0.29, 0.717) is 5.56 Å². The summed E-state index contributed by atoms with van der Waals surface area (Å²) < 4.78 is 5.04. The third-order valence-electron chi connectivity index (χ3n) is 3.36. The molecule has 1 aromatic heterocycles. The Labute approximate surface area is 139 Å². The van der Waals surface area contributed by atoms with Crippen LogP contribution in [0.4, 0.5) is 11.4 Å². The quantitative estimate of drug-likeness (QED) is 0.527. The van der Waals surface area contributed by atoms with Crippen LogP contribution in [0.5, 0.6) is 0 Å². The van der Waals surface area contributed by atoms with Crippen LogP contribution < -0.4 is 5.63 Å². The van der Waals surface area contributed by atoms with Gasteiger partial charge in [0.1, 0.15) is 0 Å². The Morgan fingerprint density at radius 3 is 2.20 bits per heavy atom. The molecule has 3 rings (SSSR count).